The topological polar surface area (TPSA) is 56.8 Å². The van der Waals surface area contributed by atoms with Crippen molar-refractivity contribution in [3.05, 3.63) is 23.8 Å². The average Bonchev–Trinajstić information content (AvgIpc) is 2.98. The molecule has 1 saturated heterocycles. The second kappa shape index (κ2) is 6.43. The van der Waals surface area contributed by atoms with E-state index in [1.54, 1.807) is 14.2 Å². The molecule has 1 N–H and O–H groups in total. The Hall–Kier alpha value is -1.75. The van der Waals surface area contributed by atoms with E-state index in [9.17, 15) is 4.79 Å². The number of benzene rings is 1. The molecule has 5 heteroatoms. The van der Waals surface area contributed by atoms with E-state index >= 15 is 0 Å². The highest BCUT2D eigenvalue weighted by molar-refractivity contribution is 5.80. The number of ether oxygens (including phenoxy) is 3. The second-order valence-corrected chi connectivity index (χ2v) is 4.41. The monoisotopic (exact) mass is 265 g/mol. The van der Waals surface area contributed by atoms with Gasteiger partial charge in [-0.1, -0.05) is 6.07 Å². The molecule has 19 heavy (non-hydrogen) atoms. The molecule has 1 aliphatic heterocycles. The van der Waals surface area contributed by atoms with Gasteiger partial charge in [0.1, 0.15) is 6.10 Å². The molecule has 1 amide bonds. The summed E-state index contributed by atoms with van der Waals surface area (Å²) in [5.74, 6) is 1.29. The van der Waals surface area contributed by atoms with Crippen molar-refractivity contribution >= 4 is 5.91 Å². The minimum absolute atomic E-state index is 0.0488. The van der Waals surface area contributed by atoms with Crippen LogP contribution in [0.4, 0.5) is 0 Å². The first kappa shape index (κ1) is 13.7. The van der Waals surface area contributed by atoms with Crippen molar-refractivity contribution in [2.24, 2.45) is 0 Å². The highest BCUT2D eigenvalue weighted by atomic mass is 16.5. The van der Waals surface area contributed by atoms with Crippen molar-refractivity contribution in [3.8, 4) is 11.5 Å². The Morgan fingerprint density at radius 2 is 2.16 bits per heavy atom. The van der Waals surface area contributed by atoms with E-state index in [-0.39, 0.29) is 12.0 Å². The molecule has 5 nitrogen and oxygen atoms in total. The van der Waals surface area contributed by atoms with Crippen molar-refractivity contribution in [2.75, 3.05) is 20.8 Å². The molecule has 1 atom stereocenters. The average molecular weight is 265 g/mol. The number of methoxy groups -OCH3 is 2. The maximum Gasteiger partial charge on any atom is 0.249 e. The van der Waals surface area contributed by atoms with Crippen LogP contribution in [0.15, 0.2) is 18.2 Å². The van der Waals surface area contributed by atoms with E-state index in [0.717, 1.165) is 18.4 Å². The Kier molecular flexibility index (Phi) is 4.63. The van der Waals surface area contributed by atoms with Crippen LogP contribution in [0.3, 0.4) is 0 Å². The molecule has 104 valence electrons. The fraction of sp³-hybridized carbons (Fsp3) is 0.500. The summed E-state index contributed by atoms with van der Waals surface area (Å²) in [6.45, 7) is 1.13. The lowest BCUT2D eigenvalue weighted by Crippen LogP contribution is -2.33. The Bertz CT molecular complexity index is 441. The number of nitrogens with one attached hydrogen (secondary N) is 1. The Morgan fingerprint density at radius 1 is 1.37 bits per heavy atom. The lowest BCUT2D eigenvalue weighted by molar-refractivity contribution is -0.130. The van der Waals surface area contributed by atoms with Gasteiger partial charge in [0.15, 0.2) is 11.5 Å². The summed E-state index contributed by atoms with van der Waals surface area (Å²) in [5, 5.41) is 2.87. The molecule has 1 aliphatic rings. The van der Waals surface area contributed by atoms with Gasteiger partial charge in [-0.05, 0) is 30.5 Å². The number of hydrogen-bond donors (Lipinski definition) is 1. The molecule has 1 aromatic rings. The summed E-state index contributed by atoms with van der Waals surface area (Å²) >= 11 is 0. The van der Waals surface area contributed by atoms with Crippen molar-refractivity contribution < 1.29 is 19.0 Å². The number of carbonyl (C=O) groups excluding carboxylic acids is 1. The van der Waals surface area contributed by atoms with Gasteiger partial charge in [-0.2, -0.15) is 0 Å². The highest BCUT2D eigenvalue weighted by Gasteiger charge is 2.23. The molecule has 2 rings (SSSR count). The summed E-state index contributed by atoms with van der Waals surface area (Å²) < 4.78 is 15.7. The molecular weight excluding hydrogens is 246 g/mol. The molecule has 0 radical (unpaired) electrons. The second-order valence-electron chi connectivity index (χ2n) is 4.41. The fourth-order valence-electron chi connectivity index (χ4n) is 2.08. The minimum atomic E-state index is -0.292. The molecular formula is C14H19NO4. The molecule has 0 aliphatic carbocycles. The predicted molar refractivity (Wildman–Crippen MR) is 70.4 cm³/mol. The normalized spacial score (nSPS) is 18.1. The fourth-order valence-corrected chi connectivity index (χ4v) is 2.08. The molecule has 0 spiro atoms. The maximum atomic E-state index is 11.8. The molecule has 1 fully saturated rings. The lowest BCUT2D eigenvalue weighted by atomic mass is 10.2. The van der Waals surface area contributed by atoms with E-state index in [4.69, 9.17) is 14.2 Å². The third kappa shape index (κ3) is 3.38. The van der Waals surface area contributed by atoms with Gasteiger partial charge in [-0.3, -0.25) is 4.79 Å². The predicted octanol–water partition coefficient (Wildman–Crippen LogP) is 1.50. The molecule has 1 aromatic carbocycles. The van der Waals surface area contributed by atoms with Crippen molar-refractivity contribution in [3.63, 3.8) is 0 Å². The zero-order valence-electron chi connectivity index (χ0n) is 11.3. The van der Waals surface area contributed by atoms with Gasteiger partial charge in [0.05, 0.1) is 14.2 Å². The number of hydrogen-bond acceptors (Lipinski definition) is 4. The van der Waals surface area contributed by atoms with Crippen LogP contribution in [0, 0.1) is 0 Å². The lowest BCUT2D eigenvalue weighted by Gasteiger charge is -2.12. The summed E-state index contributed by atoms with van der Waals surface area (Å²) in [6, 6.07) is 5.58. The van der Waals surface area contributed by atoms with E-state index in [0.29, 0.717) is 24.7 Å². The van der Waals surface area contributed by atoms with Gasteiger partial charge in [-0.15, -0.1) is 0 Å². The third-order valence-electron chi connectivity index (χ3n) is 3.14. The standard InChI is InChI=1S/C14H19NO4/c1-17-11-6-5-10(8-13(11)18-2)9-15-14(16)12-4-3-7-19-12/h5-6,8,12H,3-4,7,9H2,1-2H3,(H,15,16). The number of carbonyl (C=O) groups is 1. The van der Waals surface area contributed by atoms with E-state index in [2.05, 4.69) is 5.32 Å². The summed E-state index contributed by atoms with van der Waals surface area (Å²) in [5.41, 5.74) is 0.962. The van der Waals surface area contributed by atoms with Crippen LogP contribution in [-0.4, -0.2) is 32.8 Å². The Balaban J connectivity index is 1.93. The van der Waals surface area contributed by atoms with Crippen LogP contribution in [0.5, 0.6) is 11.5 Å². The smallest absolute Gasteiger partial charge is 0.249 e. The third-order valence-corrected chi connectivity index (χ3v) is 3.14. The zero-order chi connectivity index (χ0) is 13.7. The SMILES string of the molecule is COc1ccc(CNC(=O)C2CCCO2)cc1OC. The van der Waals surface area contributed by atoms with Crippen LogP contribution in [-0.2, 0) is 16.1 Å². The van der Waals surface area contributed by atoms with Gasteiger partial charge in [0.2, 0.25) is 5.91 Å². The van der Waals surface area contributed by atoms with Crippen molar-refractivity contribution in [1.82, 2.24) is 5.32 Å². The Labute approximate surface area is 112 Å². The van der Waals surface area contributed by atoms with Gasteiger partial charge < -0.3 is 19.5 Å². The summed E-state index contributed by atoms with van der Waals surface area (Å²) in [4.78, 5) is 11.8. The van der Waals surface area contributed by atoms with Crippen LogP contribution < -0.4 is 14.8 Å². The van der Waals surface area contributed by atoms with Crippen LogP contribution in [0.1, 0.15) is 18.4 Å². The Morgan fingerprint density at radius 3 is 2.79 bits per heavy atom. The molecule has 1 heterocycles. The van der Waals surface area contributed by atoms with Crippen LogP contribution >= 0.6 is 0 Å². The van der Waals surface area contributed by atoms with Gasteiger partial charge >= 0.3 is 0 Å². The first-order valence-corrected chi connectivity index (χ1v) is 6.35. The number of amides is 1. The largest absolute Gasteiger partial charge is 0.493 e. The van der Waals surface area contributed by atoms with Gasteiger partial charge in [0, 0.05) is 13.2 Å². The maximum absolute atomic E-state index is 11.8. The van der Waals surface area contributed by atoms with Gasteiger partial charge in [0.25, 0.3) is 0 Å². The van der Waals surface area contributed by atoms with Gasteiger partial charge in [-0.25, -0.2) is 0 Å². The number of rotatable bonds is 5. The van der Waals surface area contributed by atoms with E-state index in [1.165, 1.54) is 0 Å². The molecule has 0 saturated carbocycles. The van der Waals surface area contributed by atoms with Crippen LogP contribution in [0.2, 0.25) is 0 Å². The highest BCUT2D eigenvalue weighted by Crippen LogP contribution is 2.27. The molecule has 0 bridgehead atoms. The molecule has 0 aromatic heterocycles. The zero-order valence-corrected chi connectivity index (χ0v) is 11.3. The van der Waals surface area contributed by atoms with Crippen LogP contribution in [0.25, 0.3) is 0 Å². The first-order valence-electron chi connectivity index (χ1n) is 6.35. The van der Waals surface area contributed by atoms with Crippen molar-refractivity contribution in [2.45, 2.75) is 25.5 Å². The van der Waals surface area contributed by atoms with E-state index in [1.807, 2.05) is 18.2 Å². The first-order chi connectivity index (χ1) is 9.24. The quantitative estimate of drug-likeness (QED) is 0.876. The summed E-state index contributed by atoms with van der Waals surface area (Å²) in [7, 11) is 3.18. The molecule has 1 unspecified atom stereocenters. The van der Waals surface area contributed by atoms with E-state index < -0.39 is 0 Å². The van der Waals surface area contributed by atoms with Crippen molar-refractivity contribution in [1.29, 1.82) is 0 Å². The minimum Gasteiger partial charge on any atom is -0.493 e. The summed E-state index contributed by atoms with van der Waals surface area (Å²) in [6.07, 6.45) is 1.46.